The molecule has 0 unspecified atom stereocenters. The number of pyridine rings is 1. The van der Waals surface area contributed by atoms with Crippen LogP contribution in [0, 0.1) is 13.8 Å². The van der Waals surface area contributed by atoms with E-state index in [4.69, 9.17) is 9.47 Å². The van der Waals surface area contributed by atoms with Gasteiger partial charge >= 0.3 is 0 Å². The summed E-state index contributed by atoms with van der Waals surface area (Å²) >= 11 is 0. The van der Waals surface area contributed by atoms with Crippen molar-refractivity contribution >= 4 is 16.9 Å². The van der Waals surface area contributed by atoms with Gasteiger partial charge in [-0.15, -0.1) is 0 Å². The van der Waals surface area contributed by atoms with Crippen LogP contribution in [0.25, 0.3) is 11.0 Å². The van der Waals surface area contributed by atoms with E-state index in [1.54, 1.807) is 4.68 Å². The molecule has 4 heterocycles. The van der Waals surface area contributed by atoms with Crippen LogP contribution in [0.4, 0.5) is 0 Å². The number of ether oxygens (including phenoxy) is 2. The molecule has 0 aliphatic carbocycles. The lowest BCUT2D eigenvalue weighted by atomic mass is 10.1. The van der Waals surface area contributed by atoms with Gasteiger partial charge < -0.3 is 14.4 Å². The van der Waals surface area contributed by atoms with E-state index in [1.807, 2.05) is 44.0 Å². The van der Waals surface area contributed by atoms with Gasteiger partial charge in [-0.05, 0) is 37.6 Å². The van der Waals surface area contributed by atoms with Gasteiger partial charge in [-0.25, -0.2) is 4.98 Å². The van der Waals surface area contributed by atoms with Crippen molar-refractivity contribution in [2.45, 2.75) is 20.4 Å². The number of hydrogen-bond donors (Lipinski definition) is 0. The fourth-order valence-electron chi connectivity index (χ4n) is 4.32. The number of carbonyl (C=O) groups is 1. The Hall–Kier alpha value is -3.13. The second kappa shape index (κ2) is 7.28. The Morgan fingerprint density at radius 1 is 1.07 bits per heavy atom. The Morgan fingerprint density at radius 3 is 2.63 bits per heavy atom. The minimum Gasteiger partial charge on any atom is -0.454 e. The Kier molecular flexibility index (Phi) is 4.58. The van der Waals surface area contributed by atoms with Crippen LogP contribution >= 0.6 is 0 Å². The topological polar surface area (TPSA) is 72.7 Å². The molecule has 2 aromatic heterocycles. The van der Waals surface area contributed by atoms with Crippen LogP contribution < -0.4 is 9.47 Å². The summed E-state index contributed by atoms with van der Waals surface area (Å²) in [5, 5.41) is 5.32. The summed E-state index contributed by atoms with van der Waals surface area (Å²) in [5.74, 6) is 1.67. The molecule has 3 aromatic rings. The van der Waals surface area contributed by atoms with Crippen molar-refractivity contribution in [3.8, 4) is 11.5 Å². The van der Waals surface area contributed by atoms with Gasteiger partial charge in [-0.1, -0.05) is 6.07 Å². The van der Waals surface area contributed by atoms with Gasteiger partial charge in [0.1, 0.15) is 0 Å². The van der Waals surface area contributed by atoms with Gasteiger partial charge in [-0.3, -0.25) is 14.4 Å². The molecular weight excluding hydrogens is 382 g/mol. The molecule has 1 saturated heterocycles. The van der Waals surface area contributed by atoms with Gasteiger partial charge in [0.2, 0.25) is 6.79 Å². The first-order valence-electron chi connectivity index (χ1n) is 10.2. The van der Waals surface area contributed by atoms with Gasteiger partial charge in [0.25, 0.3) is 5.91 Å². The maximum atomic E-state index is 13.3. The molecule has 0 spiro atoms. The Bertz CT molecular complexity index is 1130. The van der Waals surface area contributed by atoms with Crippen molar-refractivity contribution < 1.29 is 14.3 Å². The number of carbonyl (C=O) groups excluding carboxylic acids is 1. The molecule has 1 aromatic carbocycles. The molecule has 0 N–H and O–H groups in total. The molecule has 0 bridgehead atoms. The Balaban J connectivity index is 1.29. The van der Waals surface area contributed by atoms with Crippen molar-refractivity contribution in [2.75, 3.05) is 33.0 Å². The van der Waals surface area contributed by atoms with E-state index in [1.165, 1.54) is 5.56 Å². The van der Waals surface area contributed by atoms with Crippen LogP contribution in [0.1, 0.15) is 27.3 Å². The standard InChI is InChI=1S/C22H25N5O3/c1-14-10-17(20-15(2)24-25(3)21(20)23-14)22(28)27-8-6-26(7-9-27)12-16-4-5-18-19(11-16)30-13-29-18/h4-5,10-11H,6-9,12-13H2,1-3H3. The van der Waals surface area contributed by atoms with Crippen LogP contribution in [0.2, 0.25) is 0 Å². The number of fused-ring (bicyclic) bond motifs is 2. The molecule has 8 heteroatoms. The average molecular weight is 407 g/mol. The second-order valence-corrected chi connectivity index (χ2v) is 7.97. The predicted molar refractivity (Wildman–Crippen MR) is 112 cm³/mol. The lowest BCUT2D eigenvalue weighted by molar-refractivity contribution is 0.0630. The minimum absolute atomic E-state index is 0.0596. The fourth-order valence-corrected chi connectivity index (χ4v) is 4.32. The summed E-state index contributed by atoms with van der Waals surface area (Å²) in [7, 11) is 1.87. The molecule has 1 amide bonds. The van der Waals surface area contributed by atoms with Crippen LogP contribution in [0.5, 0.6) is 11.5 Å². The normalized spacial score (nSPS) is 16.4. The quantitative estimate of drug-likeness (QED) is 0.663. The number of rotatable bonds is 3. The second-order valence-electron chi connectivity index (χ2n) is 7.97. The smallest absolute Gasteiger partial charge is 0.254 e. The molecule has 156 valence electrons. The van der Waals surface area contributed by atoms with E-state index in [-0.39, 0.29) is 12.7 Å². The number of aromatic nitrogens is 3. The minimum atomic E-state index is 0.0596. The zero-order valence-corrected chi connectivity index (χ0v) is 17.5. The van der Waals surface area contributed by atoms with Crippen molar-refractivity contribution in [1.82, 2.24) is 24.6 Å². The summed E-state index contributed by atoms with van der Waals surface area (Å²) < 4.78 is 12.6. The first-order chi connectivity index (χ1) is 14.5. The molecule has 2 aliphatic rings. The van der Waals surface area contributed by atoms with Crippen molar-refractivity contribution in [3.63, 3.8) is 0 Å². The largest absolute Gasteiger partial charge is 0.454 e. The highest BCUT2D eigenvalue weighted by Gasteiger charge is 2.26. The highest BCUT2D eigenvalue weighted by Crippen LogP contribution is 2.33. The number of piperazine rings is 1. The van der Waals surface area contributed by atoms with Gasteiger partial charge in [0.15, 0.2) is 17.1 Å². The van der Waals surface area contributed by atoms with Gasteiger partial charge in [0.05, 0.1) is 16.6 Å². The molecule has 5 rings (SSSR count). The van der Waals surface area contributed by atoms with Crippen LogP contribution in [-0.4, -0.2) is 63.4 Å². The van der Waals surface area contributed by atoms with Crippen molar-refractivity contribution in [3.05, 3.63) is 46.8 Å². The molecule has 8 nitrogen and oxygen atoms in total. The Labute approximate surface area is 175 Å². The predicted octanol–water partition coefficient (Wildman–Crippen LogP) is 2.27. The van der Waals surface area contributed by atoms with Gasteiger partial charge in [-0.2, -0.15) is 5.10 Å². The highest BCUT2D eigenvalue weighted by atomic mass is 16.7. The summed E-state index contributed by atoms with van der Waals surface area (Å²) in [6.07, 6.45) is 0. The molecule has 0 atom stereocenters. The third-order valence-corrected chi connectivity index (χ3v) is 5.83. The fraction of sp³-hybridized carbons (Fsp3) is 0.409. The highest BCUT2D eigenvalue weighted by molar-refractivity contribution is 6.06. The van der Waals surface area contributed by atoms with E-state index in [0.29, 0.717) is 18.7 Å². The summed E-state index contributed by atoms with van der Waals surface area (Å²) in [6.45, 7) is 8.04. The first-order valence-corrected chi connectivity index (χ1v) is 10.2. The zero-order valence-electron chi connectivity index (χ0n) is 17.5. The van der Waals surface area contributed by atoms with Crippen LogP contribution in [-0.2, 0) is 13.6 Å². The van der Waals surface area contributed by atoms with Crippen LogP contribution in [0.3, 0.4) is 0 Å². The number of hydrogen-bond acceptors (Lipinski definition) is 6. The molecule has 30 heavy (non-hydrogen) atoms. The molecule has 2 aliphatic heterocycles. The summed E-state index contributed by atoms with van der Waals surface area (Å²) in [5.41, 5.74) is 4.32. The average Bonchev–Trinajstić information content (AvgIpc) is 3.31. The van der Waals surface area contributed by atoms with E-state index in [0.717, 1.165) is 53.6 Å². The molecule has 1 fully saturated rings. The van der Waals surface area contributed by atoms with E-state index >= 15 is 0 Å². The number of amides is 1. The number of aryl methyl sites for hydroxylation is 3. The first kappa shape index (κ1) is 18.9. The Morgan fingerprint density at radius 2 is 1.83 bits per heavy atom. The maximum absolute atomic E-state index is 13.3. The van der Waals surface area contributed by atoms with E-state index < -0.39 is 0 Å². The zero-order chi connectivity index (χ0) is 20.8. The maximum Gasteiger partial charge on any atom is 0.254 e. The molecule has 0 saturated carbocycles. The van der Waals surface area contributed by atoms with E-state index in [9.17, 15) is 4.79 Å². The summed E-state index contributed by atoms with van der Waals surface area (Å²) in [4.78, 5) is 22.2. The molecular formula is C22H25N5O3. The lowest BCUT2D eigenvalue weighted by Gasteiger charge is -2.35. The SMILES string of the molecule is Cc1cc(C(=O)N2CCN(Cc3ccc4c(c3)OCO4)CC2)c2c(C)nn(C)c2n1. The number of nitrogens with zero attached hydrogens (tertiary/aromatic N) is 5. The lowest BCUT2D eigenvalue weighted by Crippen LogP contribution is -2.48. The monoisotopic (exact) mass is 407 g/mol. The summed E-state index contributed by atoms with van der Waals surface area (Å²) in [6, 6.07) is 7.97. The van der Waals surface area contributed by atoms with E-state index in [2.05, 4.69) is 21.0 Å². The van der Waals surface area contributed by atoms with Crippen LogP contribution in [0.15, 0.2) is 24.3 Å². The third kappa shape index (κ3) is 3.27. The van der Waals surface area contributed by atoms with Crippen molar-refractivity contribution in [2.24, 2.45) is 7.05 Å². The van der Waals surface area contributed by atoms with Gasteiger partial charge in [0, 0.05) is 45.5 Å². The number of benzene rings is 1. The third-order valence-electron chi connectivity index (χ3n) is 5.83. The molecule has 0 radical (unpaired) electrons. The van der Waals surface area contributed by atoms with Crippen molar-refractivity contribution in [1.29, 1.82) is 0 Å².